The van der Waals surface area contributed by atoms with Crippen LogP contribution in [0.15, 0.2) is 113 Å². The number of aromatic nitrogens is 2. The van der Waals surface area contributed by atoms with Gasteiger partial charge in [0.2, 0.25) is 0 Å². The van der Waals surface area contributed by atoms with Gasteiger partial charge in [-0.25, -0.2) is 9.98 Å². The van der Waals surface area contributed by atoms with E-state index in [4.69, 9.17) is 9.98 Å². The van der Waals surface area contributed by atoms with Gasteiger partial charge in [-0.05, 0) is 49.1 Å². The summed E-state index contributed by atoms with van der Waals surface area (Å²) in [6.07, 6.45) is 6.15. The second-order valence-electron chi connectivity index (χ2n) is 8.23. The van der Waals surface area contributed by atoms with Gasteiger partial charge in [0, 0.05) is 10.8 Å². The number of para-hydroxylation sites is 2. The molecular formula is C30H26N4. The molecule has 5 rings (SSSR count). The first-order valence-corrected chi connectivity index (χ1v) is 11.7. The van der Waals surface area contributed by atoms with Gasteiger partial charge < -0.3 is 0 Å². The molecule has 166 valence electrons. The standard InChI is InChI=1S/C30H26N4/c1-2-27(33-25-18-23-12-6-8-14-28(23)31-20-25)30(17-16-22-10-4-3-5-11-22)34-26-19-24-13-7-9-15-29(24)32-21-26/h3-15,18-21H,2,16-17H2,1H3. The maximum absolute atomic E-state index is 5.06. The molecule has 0 spiro atoms. The largest absolute Gasteiger partial charge is 0.254 e. The number of benzene rings is 3. The maximum Gasteiger partial charge on any atom is 0.0823 e. The lowest BCUT2D eigenvalue weighted by Crippen LogP contribution is -2.14. The third-order valence-electron chi connectivity index (χ3n) is 5.84. The molecule has 0 aliphatic heterocycles. The third kappa shape index (κ3) is 5.07. The highest BCUT2D eigenvalue weighted by Gasteiger charge is 2.10. The Morgan fingerprint density at radius 1 is 0.647 bits per heavy atom. The molecule has 34 heavy (non-hydrogen) atoms. The molecule has 0 aliphatic carbocycles. The molecule has 4 nitrogen and oxygen atoms in total. The maximum atomic E-state index is 5.06. The molecule has 4 heteroatoms. The van der Waals surface area contributed by atoms with Gasteiger partial charge in [-0.3, -0.25) is 9.97 Å². The summed E-state index contributed by atoms with van der Waals surface area (Å²) in [4.78, 5) is 19.2. The van der Waals surface area contributed by atoms with Crippen LogP contribution in [0.1, 0.15) is 25.3 Å². The van der Waals surface area contributed by atoms with Crippen molar-refractivity contribution in [3.8, 4) is 0 Å². The minimum Gasteiger partial charge on any atom is -0.254 e. The smallest absolute Gasteiger partial charge is 0.0823 e. The van der Waals surface area contributed by atoms with Gasteiger partial charge >= 0.3 is 0 Å². The molecule has 0 aliphatic rings. The second-order valence-corrected chi connectivity index (χ2v) is 8.23. The lowest BCUT2D eigenvalue weighted by molar-refractivity contribution is 1.04. The van der Waals surface area contributed by atoms with Crippen LogP contribution in [-0.4, -0.2) is 21.4 Å². The molecule has 0 fully saturated rings. The van der Waals surface area contributed by atoms with E-state index < -0.39 is 0 Å². The SMILES string of the molecule is CCC(=Nc1cnc2ccccc2c1)C(CCc1ccccc1)=Nc1cnc2ccccc2c1. The number of pyridine rings is 2. The summed E-state index contributed by atoms with van der Waals surface area (Å²) in [5, 5.41) is 2.17. The zero-order chi connectivity index (χ0) is 23.2. The van der Waals surface area contributed by atoms with Gasteiger partial charge in [0.25, 0.3) is 0 Å². The number of rotatable bonds is 7. The zero-order valence-corrected chi connectivity index (χ0v) is 19.2. The summed E-state index contributed by atoms with van der Waals surface area (Å²) < 4.78 is 0. The van der Waals surface area contributed by atoms with Crippen LogP contribution in [0.25, 0.3) is 21.8 Å². The van der Waals surface area contributed by atoms with Crippen LogP contribution in [0.2, 0.25) is 0 Å². The van der Waals surface area contributed by atoms with Gasteiger partial charge in [0.1, 0.15) is 0 Å². The van der Waals surface area contributed by atoms with E-state index in [1.165, 1.54) is 5.56 Å². The number of hydrogen-bond acceptors (Lipinski definition) is 4. The van der Waals surface area contributed by atoms with Crippen LogP contribution < -0.4 is 0 Å². The molecule has 0 saturated heterocycles. The predicted molar refractivity (Wildman–Crippen MR) is 143 cm³/mol. The van der Waals surface area contributed by atoms with Crippen molar-refractivity contribution in [1.82, 2.24) is 9.97 Å². The van der Waals surface area contributed by atoms with Crippen molar-refractivity contribution >= 4 is 44.6 Å². The van der Waals surface area contributed by atoms with Crippen LogP contribution in [0.4, 0.5) is 11.4 Å². The third-order valence-corrected chi connectivity index (χ3v) is 5.84. The van der Waals surface area contributed by atoms with E-state index >= 15 is 0 Å². The molecule has 0 N–H and O–H groups in total. The Labute approximate surface area is 199 Å². The molecule has 0 amide bonds. The Hall–Kier alpha value is -4.18. The number of hydrogen-bond donors (Lipinski definition) is 0. The van der Waals surface area contributed by atoms with Gasteiger partial charge in [-0.1, -0.05) is 73.7 Å². The fourth-order valence-electron chi connectivity index (χ4n) is 4.07. The van der Waals surface area contributed by atoms with Crippen LogP contribution in [0.3, 0.4) is 0 Å². The topological polar surface area (TPSA) is 50.5 Å². The fourth-order valence-corrected chi connectivity index (χ4v) is 4.07. The summed E-state index contributed by atoms with van der Waals surface area (Å²) in [6, 6.07) is 30.9. The lowest BCUT2D eigenvalue weighted by atomic mass is 10.0. The van der Waals surface area contributed by atoms with Crippen molar-refractivity contribution in [3.63, 3.8) is 0 Å². The molecular weight excluding hydrogens is 416 g/mol. The quantitative estimate of drug-likeness (QED) is 0.243. The predicted octanol–water partition coefficient (Wildman–Crippen LogP) is 7.67. The highest BCUT2D eigenvalue weighted by atomic mass is 14.8. The van der Waals surface area contributed by atoms with E-state index in [0.717, 1.165) is 63.9 Å². The summed E-state index contributed by atoms with van der Waals surface area (Å²) >= 11 is 0. The monoisotopic (exact) mass is 442 g/mol. The average molecular weight is 443 g/mol. The summed E-state index contributed by atoms with van der Waals surface area (Å²) in [5.74, 6) is 0. The minimum absolute atomic E-state index is 0.779. The molecule has 3 aromatic carbocycles. The summed E-state index contributed by atoms with van der Waals surface area (Å²) in [7, 11) is 0. The molecule has 2 heterocycles. The number of nitrogens with zero attached hydrogens (tertiary/aromatic N) is 4. The van der Waals surface area contributed by atoms with E-state index in [0.29, 0.717) is 0 Å². The fraction of sp³-hybridized carbons (Fsp3) is 0.133. The molecule has 2 aromatic heterocycles. The highest BCUT2D eigenvalue weighted by Crippen LogP contribution is 2.22. The van der Waals surface area contributed by atoms with Crippen LogP contribution in [-0.2, 0) is 6.42 Å². The van der Waals surface area contributed by atoms with Crippen molar-refractivity contribution in [2.75, 3.05) is 0 Å². The van der Waals surface area contributed by atoms with E-state index in [2.05, 4.69) is 65.4 Å². The normalized spacial score (nSPS) is 12.4. The Morgan fingerprint density at radius 3 is 1.76 bits per heavy atom. The number of fused-ring (bicyclic) bond motifs is 2. The van der Waals surface area contributed by atoms with Crippen molar-refractivity contribution in [3.05, 3.63) is 109 Å². The van der Waals surface area contributed by atoms with Gasteiger partial charge in [0.15, 0.2) is 0 Å². The number of aliphatic imine (C=N–C) groups is 2. The van der Waals surface area contributed by atoms with Crippen molar-refractivity contribution in [2.45, 2.75) is 26.2 Å². The first-order chi connectivity index (χ1) is 16.8. The highest BCUT2D eigenvalue weighted by molar-refractivity contribution is 6.43. The molecule has 0 bridgehead atoms. The summed E-state index contributed by atoms with van der Waals surface area (Å²) in [6.45, 7) is 2.13. The van der Waals surface area contributed by atoms with Crippen LogP contribution in [0.5, 0.6) is 0 Å². The lowest BCUT2D eigenvalue weighted by Gasteiger charge is -2.10. The van der Waals surface area contributed by atoms with Crippen molar-refractivity contribution in [2.24, 2.45) is 9.98 Å². The molecule has 0 unspecified atom stereocenters. The molecule has 0 saturated carbocycles. The Balaban J connectivity index is 1.53. The average Bonchev–Trinajstić information content (AvgIpc) is 2.90. The molecule has 0 atom stereocenters. The molecule has 0 radical (unpaired) electrons. The van der Waals surface area contributed by atoms with Crippen molar-refractivity contribution < 1.29 is 0 Å². The van der Waals surface area contributed by atoms with Gasteiger partial charge in [-0.2, -0.15) is 0 Å². The van der Waals surface area contributed by atoms with E-state index in [9.17, 15) is 0 Å². The van der Waals surface area contributed by atoms with Gasteiger partial charge in [-0.15, -0.1) is 0 Å². The Morgan fingerprint density at radius 2 is 1.18 bits per heavy atom. The molecule has 5 aromatic rings. The van der Waals surface area contributed by atoms with Gasteiger partial charge in [0.05, 0.1) is 46.2 Å². The van der Waals surface area contributed by atoms with E-state index in [1.807, 2.05) is 54.9 Å². The van der Waals surface area contributed by atoms with E-state index in [1.54, 1.807) is 0 Å². The van der Waals surface area contributed by atoms with Crippen molar-refractivity contribution in [1.29, 1.82) is 0 Å². The van der Waals surface area contributed by atoms with Crippen LogP contribution in [0, 0.1) is 0 Å². The minimum atomic E-state index is 0.779. The Bertz CT molecular complexity index is 1490. The Kier molecular flexibility index (Phi) is 6.48. The van der Waals surface area contributed by atoms with Crippen LogP contribution >= 0.6 is 0 Å². The first kappa shape index (κ1) is 21.7. The summed E-state index contributed by atoms with van der Waals surface area (Å²) in [5.41, 5.74) is 6.88. The second kappa shape index (κ2) is 10.2. The zero-order valence-electron chi connectivity index (χ0n) is 19.2. The first-order valence-electron chi connectivity index (χ1n) is 11.7. The number of aryl methyl sites for hydroxylation is 1. The van der Waals surface area contributed by atoms with E-state index in [-0.39, 0.29) is 0 Å².